The molecule has 0 aliphatic heterocycles. The summed E-state index contributed by atoms with van der Waals surface area (Å²) in [7, 11) is 0. The lowest BCUT2D eigenvalue weighted by Gasteiger charge is -2.63. The molecule has 0 bridgehead atoms. The lowest BCUT2D eigenvalue weighted by atomic mass is 9.44. The second kappa shape index (κ2) is 4.47. The molecular formula is C19H32O2. The molecule has 2 nitrogen and oxygen atoms in total. The van der Waals surface area contributed by atoms with E-state index in [-0.39, 0.29) is 5.41 Å². The molecule has 2 N–H and O–H groups in total. The molecule has 4 aliphatic carbocycles. The quantitative estimate of drug-likeness (QED) is 0.711. The molecule has 120 valence electrons. The Balaban J connectivity index is 1.72. The number of aliphatic hydroxyl groups excluding tert-OH is 1. The summed E-state index contributed by atoms with van der Waals surface area (Å²) in [6, 6.07) is 0. The minimum absolute atomic E-state index is 0.0363. The minimum Gasteiger partial charge on any atom is -0.390 e. The van der Waals surface area contributed by atoms with E-state index in [1.807, 2.05) is 0 Å². The van der Waals surface area contributed by atoms with Crippen molar-refractivity contribution in [2.75, 3.05) is 0 Å². The molecule has 0 unspecified atom stereocenters. The Hall–Kier alpha value is -0.0800. The van der Waals surface area contributed by atoms with Gasteiger partial charge in [-0.1, -0.05) is 26.7 Å². The molecule has 0 aromatic carbocycles. The van der Waals surface area contributed by atoms with Crippen LogP contribution >= 0.6 is 0 Å². The van der Waals surface area contributed by atoms with Crippen molar-refractivity contribution in [2.24, 2.45) is 28.6 Å². The first-order chi connectivity index (χ1) is 9.92. The lowest BCUT2D eigenvalue weighted by molar-refractivity contribution is -0.228. The first-order valence-electron chi connectivity index (χ1n) is 9.32. The lowest BCUT2D eigenvalue weighted by Crippen LogP contribution is -2.64. The maximum absolute atomic E-state index is 11.6. The molecule has 4 rings (SSSR count). The molecule has 2 heteroatoms. The van der Waals surface area contributed by atoms with Crippen molar-refractivity contribution in [3.05, 3.63) is 0 Å². The highest BCUT2D eigenvalue weighted by molar-refractivity contribution is 5.17. The Morgan fingerprint density at radius 2 is 1.57 bits per heavy atom. The van der Waals surface area contributed by atoms with Crippen LogP contribution in [0.1, 0.15) is 78.1 Å². The predicted octanol–water partition coefficient (Wildman–Crippen LogP) is 3.90. The summed E-state index contributed by atoms with van der Waals surface area (Å²) in [5.74, 6) is 1.86. The molecule has 4 saturated carbocycles. The Morgan fingerprint density at radius 1 is 0.810 bits per heavy atom. The smallest absolute Gasteiger partial charge is 0.0989 e. The summed E-state index contributed by atoms with van der Waals surface area (Å²) in [6.07, 6.45) is 11.7. The molecule has 0 saturated heterocycles. The fourth-order valence-corrected chi connectivity index (χ4v) is 7.26. The zero-order chi connectivity index (χ0) is 14.9. The Kier molecular flexibility index (Phi) is 3.09. The molecule has 21 heavy (non-hydrogen) atoms. The monoisotopic (exact) mass is 292 g/mol. The predicted molar refractivity (Wildman–Crippen MR) is 83.8 cm³/mol. The molecular weight excluding hydrogens is 260 g/mol. The van der Waals surface area contributed by atoms with Crippen LogP contribution in [0.3, 0.4) is 0 Å². The highest BCUT2D eigenvalue weighted by atomic mass is 16.3. The van der Waals surface area contributed by atoms with Crippen LogP contribution in [0, 0.1) is 28.6 Å². The average molecular weight is 292 g/mol. The van der Waals surface area contributed by atoms with Crippen LogP contribution in [0.4, 0.5) is 0 Å². The third-order valence-corrected chi connectivity index (χ3v) is 8.63. The van der Waals surface area contributed by atoms with E-state index in [4.69, 9.17) is 0 Å². The third-order valence-electron chi connectivity index (χ3n) is 8.63. The first kappa shape index (κ1) is 14.5. The highest BCUT2D eigenvalue weighted by Crippen LogP contribution is 2.67. The minimum atomic E-state index is -0.804. The van der Waals surface area contributed by atoms with E-state index in [2.05, 4.69) is 13.8 Å². The number of fused-ring (bicyclic) bond motifs is 5. The Bertz CT molecular complexity index is 435. The van der Waals surface area contributed by atoms with Gasteiger partial charge in [0.25, 0.3) is 0 Å². The van der Waals surface area contributed by atoms with Crippen LogP contribution in [0.5, 0.6) is 0 Å². The van der Waals surface area contributed by atoms with Crippen molar-refractivity contribution in [3.8, 4) is 0 Å². The van der Waals surface area contributed by atoms with Crippen LogP contribution in [0.15, 0.2) is 0 Å². The topological polar surface area (TPSA) is 40.5 Å². The second-order valence-electron chi connectivity index (χ2n) is 9.22. The largest absolute Gasteiger partial charge is 0.390 e. The molecule has 0 amide bonds. The van der Waals surface area contributed by atoms with E-state index in [1.54, 1.807) is 0 Å². The van der Waals surface area contributed by atoms with E-state index in [9.17, 15) is 10.2 Å². The zero-order valence-electron chi connectivity index (χ0n) is 13.8. The standard InChI is InChI=1S/C19H32O2/c1-17-11-8-14-15(19(17,21)16(20)9-12-17)7-6-13-5-3-4-10-18(13,14)2/h13-16,20-21H,3-12H2,1-2H3/t13-,14+,15-,16+,17+,18+,19-/m1/s1. The van der Waals surface area contributed by atoms with E-state index in [0.717, 1.165) is 31.6 Å². The number of hydrogen-bond acceptors (Lipinski definition) is 2. The van der Waals surface area contributed by atoms with Crippen molar-refractivity contribution in [1.29, 1.82) is 0 Å². The van der Waals surface area contributed by atoms with Crippen LogP contribution in [0.2, 0.25) is 0 Å². The number of rotatable bonds is 0. The summed E-state index contributed by atoms with van der Waals surface area (Å²) < 4.78 is 0. The third kappa shape index (κ3) is 1.67. The highest BCUT2D eigenvalue weighted by Gasteiger charge is 2.67. The fourth-order valence-electron chi connectivity index (χ4n) is 7.26. The van der Waals surface area contributed by atoms with Crippen molar-refractivity contribution >= 4 is 0 Å². The SMILES string of the molecule is C[C@]12CCCC[C@@H]1CC[C@@H]1[C@@H]2CC[C@@]2(C)CC[C@H](O)[C@]12O. The van der Waals surface area contributed by atoms with Crippen molar-refractivity contribution in [3.63, 3.8) is 0 Å². The fraction of sp³-hybridized carbons (Fsp3) is 1.00. The van der Waals surface area contributed by atoms with Gasteiger partial charge in [0, 0.05) is 0 Å². The van der Waals surface area contributed by atoms with Gasteiger partial charge in [0.2, 0.25) is 0 Å². The van der Waals surface area contributed by atoms with Gasteiger partial charge in [-0.2, -0.15) is 0 Å². The van der Waals surface area contributed by atoms with Gasteiger partial charge in [0.1, 0.15) is 0 Å². The van der Waals surface area contributed by atoms with Gasteiger partial charge in [0.15, 0.2) is 0 Å². The molecule has 4 fully saturated rings. The van der Waals surface area contributed by atoms with E-state index >= 15 is 0 Å². The maximum atomic E-state index is 11.6. The van der Waals surface area contributed by atoms with Crippen LogP contribution in [0.25, 0.3) is 0 Å². The Morgan fingerprint density at radius 3 is 2.38 bits per heavy atom. The summed E-state index contributed by atoms with van der Waals surface area (Å²) in [5.41, 5.74) is -0.409. The van der Waals surface area contributed by atoms with Crippen LogP contribution < -0.4 is 0 Å². The van der Waals surface area contributed by atoms with Gasteiger partial charge in [-0.25, -0.2) is 0 Å². The van der Waals surface area contributed by atoms with Crippen LogP contribution in [-0.2, 0) is 0 Å². The van der Waals surface area contributed by atoms with Crippen molar-refractivity contribution in [2.45, 2.75) is 89.8 Å². The molecule has 4 aliphatic rings. The summed E-state index contributed by atoms with van der Waals surface area (Å²) in [6.45, 7) is 4.76. The molecule has 0 heterocycles. The molecule has 0 radical (unpaired) electrons. The normalized spacial score (nSPS) is 60.0. The number of hydrogen-bond donors (Lipinski definition) is 2. The van der Waals surface area contributed by atoms with Gasteiger partial charge in [-0.05, 0) is 80.0 Å². The average Bonchev–Trinajstić information content (AvgIpc) is 2.71. The van der Waals surface area contributed by atoms with Crippen molar-refractivity contribution in [1.82, 2.24) is 0 Å². The van der Waals surface area contributed by atoms with E-state index < -0.39 is 11.7 Å². The van der Waals surface area contributed by atoms with Gasteiger partial charge in [0.05, 0.1) is 11.7 Å². The van der Waals surface area contributed by atoms with Crippen LogP contribution in [-0.4, -0.2) is 21.9 Å². The van der Waals surface area contributed by atoms with Gasteiger partial charge < -0.3 is 10.2 Å². The van der Waals surface area contributed by atoms with Gasteiger partial charge >= 0.3 is 0 Å². The van der Waals surface area contributed by atoms with E-state index in [0.29, 0.717) is 17.3 Å². The summed E-state index contributed by atoms with van der Waals surface area (Å²) in [4.78, 5) is 0. The van der Waals surface area contributed by atoms with Gasteiger partial charge in [-0.3, -0.25) is 0 Å². The Labute approximate surface area is 129 Å². The van der Waals surface area contributed by atoms with E-state index in [1.165, 1.54) is 38.5 Å². The molecule has 0 aromatic heterocycles. The molecule has 0 aromatic rings. The first-order valence-corrected chi connectivity index (χ1v) is 9.32. The summed E-state index contributed by atoms with van der Waals surface area (Å²) >= 11 is 0. The second-order valence-corrected chi connectivity index (χ2v) is 9.22. The molecule has 7 atom stereocenters. The zero-order valence-corrected chi connectivity index (χ0v) is 13.8. The number of aliphatic hydroxyl groups is 2. The van der Waals surface area contributed by atoms with Crippen molar-refractivity contribution < 1.29 is 10.2 Å². The summed E-state index contributed by atoms with van der Waals surface area (Å²) in [5, 5.41) is 22.2. The maximum Gasteiger partial charge on any atom is 0.0989 e. The molecule has 0 spiro atoms. The van der Waals surface area contributed by atoms with Gasteiger partial charge in [-0.15, -0.1) is 0 Å².